The molecule has 2 aromatic carbocycles. The number of benzene rings is 2. The summed E-state index contributed by atoms with van der Waals surface area (Å²) in [6.07, 6.45) is 0. The van der Waals surface area contributed by atoms with Crippen molar-refractivity contribution in [3.05, 3.63) is 65.6 Å². The lowest BCUT2D eigenvalue weighted by Gasteiger charge is -2.12. The minimum absolute atomic E-state index is 0.216. The highest BCUT2D eigenvalue weighted by Gasteiger charge is 2.13. The summed E-state index contributed by atoms with van der Waals surface area (Å²) in [6, 6.07) is 13.4. The molecule has 5 heteroatoms. The van der Waals surface area contributed by atoms with Gasteiger partial charge in [0.25, 0.3) is 0 Å². The smallest absolute Gasteiger partial charge is 0.356 e. The van der Waals surface area contributed by atoms with Gasteiger partial charge in [0.2, 0.25) is 0 Å². The van der Waals surface area contributed by atoms with E-state index < -0.39 is 5.97 Å². The molecule has 1 N–H and O–H groups in total. The molecule has 23 heavy (non-hydrogen) atoms. The van der Waals surface area contributed by atoms with Crippen LogP contribution in [0.5, 0.6) is 0 Å². The number of nitrogens with one attached hydrogen (secondary N) is 1. The van der Waals surface area contributed by atoms with Crippen LogP contribution in [0.15, 0.2) is 48.5 Å². The van der Waals surface area contributed by atoms with E-state index in [0.29, 0.717) is 11.2 Å². The van der Waals surface area contributed by atoms with E-state index in [4.69, 9.17) is 4.74 Å². The number of nitrogens with zero attached hydrogens (tertiary/aromatic N) is 1. The van der Waals surface area contributed by atoms with E-state index in [9.17, 15) is 9.18 Å². The van der Waals surface area contributed by atoms with Crippen LogP contribution >= 0.6 is 0 Å². The van der Waals surface area contributed by atoms with Crippen molar-refractivity contribution in [2.45, 2.75) is 6.92 Å². The molecule has 0 radical (unpaired) electrons. The molecule has 3 rings (SSSR count). The van der Waals surface area contributed by atoms with Gasteiger partial charge in [0.1, 0.15) is 5.82 Å². The predicted molar refractivity (Wildman–Crippen MR) is 87.5 cm³/mol. The second kappa shape index (κ2) is 6.04. The Morgan fingerprint density at radius 3 is 2.57 bits per heavy atom. The van der Waals surface area contributed by atoms with Crippen molar-refractivity contribution in [3.8, 4) is 0 Å². The molecule has 3 aromatic rings. The van der Waals surface area contributed by atoms with Gasteiger partial charge < -0.3 is 10.1 Å². The molecule has 0 aliphatic heterocycles. The van der Waals surface area contributed by atoms with Crippen molar-refractivity contribution in [1.82, 2.24) is 4.98 Å². The Balaban J connectivity index is 2.13. The summed E-state index contributed by atoms with van der Waals surface area (Å²) in [6.45, 7) is 1.98. The fourth-order valence-corrected chi connectivity index (χ4v) is 2.34. The number of carbonyl (C=O) groups is 1. The number of methoxy groups -OCH3 is 1. The third-order valence-electron chi connectivity index (χ3n) is 3.48. The van der Waals surface area contributed by atoms with Gasteiger partial charge in [-0.3, -0.25) is 0 Å². The highest BCUT2D eigenvalue weighted by molar-refractivity contribution is 5.99. The first kappa shape index (κ1) is 15.0. The zero-order chi connectivity index (χ0) is 16.4. The molecule has 0 saturated heterocycles. The standard InChI is InChI=1S/C18H15FN2O2/c1-11-3-8-15-14(9-11)16(10-17(21-15)18(22)23-2)20-13-6-4-12(19)5-7-13/h3-10H,1-2H3,(H,20,21). The quantitative estimate of drug-likeness (QED) is 0.736. The lowest BCUT2D eigenvalue weighted by Crippen LogP contribution is -2.06. The largest absolute Gasteiger partial charge is 0.464 e. The average Bonchev–Trinajstić information content (AvgIpc) is 2.56. The van der Waals surface area contributed by atoms with Gasteiger partial charge in [0.05, 0.1) is 18.3 Å². The molecule has 1 heterocycles. The van der Waals surface area contributed by atoms with Crippen LogP contribution in [-0.4, -0.2) is 18.1 Å². The Bertz CT molecular complexity index is 876. The van der Waals surface area contributed by atoms with E-state index in [1.807, 2.05) is 25.1 Å². The number of rotatable bonds is 3. The number of aromatic nitrogens is 1. The topological polar surface area (TPSA) is 51.2 Å². The fourth-order valence-electron chi connectivity index (χ4n) is 2.34. The number of anilines is 2. The number of pyridine rings is 1. The highest BCUT2D eigenvalue weighted by Crippen LogP contribution is 2.27. The van der Waals surface area contributed by atoms with Crippen molar-refractivity contribution < 1.29 is 13.9 Å². The molecule has 0 spiro atoms. The van der Waals surface area contributed by atoms with E-state index >= 15 is 0 Å². The first-order valence-electron chi connectivity index (χ1n) is 7.09. The molecule has 4 nitrogen and oxygen atoms in total. The Morgan fingerprint density at radius 1 is 1.13 bits per heavy atom. The van der Waals surface area contributed by atoms with Crippen molar-refractivity contribution in [1.29, 1.82) is 0 Å². The van der Waals surface area contributed by atoms with Crippen LogP contribution < -0.4 is 5.32 Å². The summed E-state index contributed by atoms with van der Waals surface area (Å²) in [5.74, 6) is -0.809. The Morgan fingerprint density at radius 2 is 1.87 bits per heavy atom. The molecule has 0 saturated carbocycles. The summed E-state index contributed by atoms with van der Waals surface area (Å²) < 4.78 is 17.8. The van der Waals surface area contributed by atoms with Crippen molar-refractivity contribution in [3.63, 3.8) is 0 Å². The molecular formula is C18H15FN2O2. The first-order chi connectivity index (χ1) is 11.1. The number of esters is 1. The van der Waals surface area contributed by atoms with Gasteiger partial charge >= 0.3 is 5.97 Å². The number of hydrogen-bond acceptors (Lipinski definition) is 4. The maximum atomic E-state index is 13.0. The number of carbonyl (C=O) groups excluding carboxylic acids is 1. The maximum absolute atomic E-state index is 13.0. The lowest BCUT2D eigenvalue weighted by molar-refractivity contribution is 0.0594. The van der Waals surface area contributed by atoms with Crippen LogP contribution in [-0.2, 0) is 4.74 Å². The highest BCUT2D eigenvalue weighted by atomic mass is 19.1. The van der Waals surface area contributed by atoms with E-state index in [1.54, 1.807) is 18.2 Å². The molecule has 116 valence electrons. The van der Waals surface area contributed by atoms with Gasteiger partial charge in [0.15, 0.2) is 5.69 Å². The summed E-state index contributed by atoms with van der Waals surface area (Å²) in [7, 11) is 1.32. The molecule has 0 aliphatic rings. The van der Waals surface area contributed by atoms with Crippen LogP contribution in [0, 0.1) is 12.7 Å². The summed E-state index contributed by atoms with van der Waals surface area (Å²) >= 11 is 0. The normalized spacial score (nSPS) is 10.6. The number of hydrogen-bond donors (Lipinski definition) is 1. The zero-order valence-electron chi connectivity index (χ0n) is 12.8. The Labute approximate surface area is 132 Å². The minimum Gasteiger partial charge on any atom is -0.464 e. The third-order valence-corrected chi connectivity index (χ3v) is 3.48. The maximum Gasteiger partial charge on any atom is 0.356 e. The zero-order valence-corrected chi connectivity index (χ0v) is 12.8. The minimum atomic E-state index is -0.505. The van der Waals surface area contributed by atoms with Gasteiger partial charge in [-0.25, -0.2) is 14.2 Å². The molecular weight excluding hydrogens is 295 g/mol. The van der Waals surface area contributed by atoms with Crippen LogP contribution in [0.4, 0.5) is 15.8 Å². The lowest BCUT2D eigenvalue weighted by atomic mass is 10.1. The van der Waals surface area contributed by atoms with E-state index in [-0.39, 0.29) is 11.5 Å². The average molecular weight is 310 g/mol. The summed E-state index contributed by atoms with van der Waals surface area (Å²) in [4.78, 5) is 16.1. The first-order valence-corrected chi connectivity index (χ1v) is 7.09. The van der Waals surface area contributed by atoms with Crippen LogP contribution in [0.3, 0.4) is 0 Å². The second-order valence-corrected chi connectivity index (χ2v) is 5.20. The monoisotopic (exact) mass is 310 g/mol. The molecule has 0 unspecified atom stereocenters. The van der Waals surface area contributed by atoms with Crippen LogP contribution in [0.2, 0.25) is 0 Å². The van der Waals surface area contributed by atoms with Crippen molar-refractivity contribution in [2.75, 3.05) is 12.4 Å². The second-order valence-electron chi connectivity index (χ2n) is 5.20. The van der Waals surface area contributed by atoms with Crippen LogP contribution in [0.25, 0.3) is 10.9 Å². The SMILES string of the molecule is COC(=O)c1cc(Nc2ccc(F)cc2)c2cc(C)ccc2n1. The van der Waals surface area contributed by atoms with Gasteiger partial charge in [-0.1, -0.05) is 11.6 Å². The molecule has 0 bridgehead atoms. The number of aryl methyl sites for hydroxylation is 1. The van der Waals surface area contributed by atoms with E-state index in [1.165, 1.54) is 19.2 Å². The molecule has 0 aliphatic carbocycles. The summed E-state index contributed by atoms with van der Waals surface area (Å²) in [5, 5.41) is 4.08. The molecule has 0 atom stereocenters. The number of fused-ring (bicyclic) bond motifs is 1. The fraction of sp³-hybridized carbons (Fsp3) is 0.111. The van der Waals surface area contributed by atoms with Gasteiger partial charge in [0, 0.05) is 11.1 Å². The number of ether oxygens (including phenoxy) is 1. The van der Waals surface area contributed by atoms with Crippen LogP contribution in [0.1, 0.15) is 16.1 Å². The van der Waals surface area contributed by atoms with Gasteiger partial charge in [-0.2, -0.15) is 0 Å². The van der Waals surface area contributed by atoms with E-state index in [0.717, 1.165) is 16.6 Å². The summed E-state index contributed by atoms with van der Waals surface area (Å²) in [5.41, 5.74) is 3.41. The molecule has 1 aromatic heterocycles. The van der Waals surface area contributed by atoms with Crippen molar-refractivity contribution in [2.24, 2.45) is 0 Å². The van der Waals surface area contributed by atoms with Gasteiger partial charge in [-0.15, -0.1) is 0 Å². The molecule has 0 amide bonds. The number of halogens is 1. The Hall–Kier alpha value is -2.95. The Kier molecular flexibility index (Phi) is 3.93. The van der Waals surface area contributed by atoms with Crippen molar-refractivity contribution >= 4 is 28.2 Å². The van der Waals surface area contributed by atoms with Gasteiger partial charge in [-0.05, 0) is 49.4 Å². The third kappa shape index (κ3) is 3.13. The predicted octanol–water partition coefficient (Wildman–Crippen LogP) is 4.21. The molecule has 0 fully saturated rings. The van der Waals surface area contributed by atoms with E-state index in [2.05, 4.69) is 10.3 Å².